The zero-order valence-electron chi connectivity index (χ0n) is 15.0. The van der Waals surface area contributed by atoms with Crippen LogP contribution in [-0.4, -0.2) is 76.4 Å². The standard InChI is InChI=1S/C16H32N4O3.HI/c1-3-17-16(18-8-6-12-23-14-13-22-2)19-9-7-15(21)20-10-4-5-11-20;/h3-14H2,1-2H3,(H2,17,18,19);1H. The Kier molecular flexibility index (Phi) is 15.5. The molecule has 1 saturated heterocycles. The number of nitrogens with zero attached hydrogens (tertiary/aromatic N) is 2. The molecule has 8 heteroatoms. The number of amides is 1. The predicted octanol–water partition coefficient (Wildman–Crippen LogP) is 1.23. The Bertz CT molecular complexity index is 350. The van der Waals surface area contributed by atoms with Gasteiger partial charge in [-0.25, -0.2) is 0 Å². The highest BCUT2D eigenvalue weighted by molar-refractivity contribution is 14.0. The van der Waals surface area contributed by atoms with Crippen LogP contribution in [0.2, 0.25) is 0 Å². The predicted molar refractivity (Wildman–Crippen MR) is 107 cm³/mol. The minimum Gasteiger partial charge on any atom is -0.382 e. The lowest BCUT2D eigenvalue weighted by Crippen LogP contribution is -2.39. The zero-order chi connectivity index (χ0) is 16.8. The fourth-order valence-corrected chi connectivity index (χ4v) is 2.36. The molecule has 2 N–H and O–H groups in total. The van der Waals surface area contributed by atoms with E-state index in [1.54, 1.807) is 7.11 Å². The van der Waals surface area contributed by atoms with Gasteiger partial charge < -0.3 is 25.0 Å². The minimum absolute atomic E-state index is 0. The van der Waals surface area contributed by atoms with E-state index in [9.17, 15) is 4.79 Å². The SMILES string of the molecule is CCNC(=NCCCOCCOC)NCCC(=O)N1CCCC1.I. The summed E-state index contributed by atoms with van der Waals surface area (Å²) in [5.74, 6) is 0.996. The molecule has 7 nitrogen and oxygen atoms in total. The van der Waals surface area contributed by atoms with Crippen molar-refractivity contribution in [1.29, 1.82) is 0 Å². The van der Waals surface area contributed by atoms with Gasteiger partial charge in [0.1, 0.15) is 0 Å². The van der Waals surface area contributed by atoms with Crippen molar-refractivity contribution in [1.82, 2.24) is 15.5 Å². The summed E-state index contributed by atoms with van der Waals surface area (Å²) in [4.78, 5) is 18.4. The quantitative estimate of drug-likeness (QED) is 0.212. The Hall–Kier alpha value is -0.610. The van der Waals surface area contributed by atoms with E-state index in [0.29, 0.717) is 39.3 Å². The van der Waals surface area contributed by atoms with Crippen molar-refractivity contribution in [3.05, 3.63) is 0 Å². The largest absolute Gasteiger partial charge is 0.382 e. The third-order valence-corrected chi connectivity index (χ3v) is 3.58. The number of nitrogens with one attached hydrogen (secondary N) is 2. The number of rotatable bonds is 11. The van der Waals surface area contributed by atoms with E-state index in [1.165, 1.54) is 0 Å². The molecule has 0 aliphatic carbocycles. The lowest BCUT2D eigenvalue weighted by molar-refractivity contribution is -0.129. The number of methoxy groups -OCH3 is 1. The maximum atomic E-state index is 12.0. The van der Waals surface area contributed by atoms with Crippen LogP contribution < -0.4 is 10.6 Å². The minimum atomic E-state index is 0. The molecule has 0 atom stereocenters. The summed E-state index contributed by atoms with van der Waals surface area (Å²) in [5.41, 5.74) is 0. The molecule has 0 spiro atoms. The molecule has 1 rings (SSSR count). The molecule has 0 radical (unpaired) electrons. The second-order valence-electron chi connectivity index (χ2n) is 5.48. The summed E-state index contributed by atoms with van der Waals surface area (Å²) < 4.78 is 10.3. The summed E-state index contributed by atoms with van der Waals surface area (Å²) in [6.45, 7) is 7.89. The van der Waals surface area contributed by atoms with Crippen LogP contribution in [0.1, 0.15) is 32.6 Å². The number of likely N-dealkylation sites (tertiary alicyclic amines) is 1. The van der Waals surface area contributed by atoms with Gasteiger partial charge in [0.15, 0.2) is 5.96 Å². The first kappa shape index (κ1) is 23.4. The molecular weight excluding hydrogens is 423 g/mol. The number of hydrogen-bond donors (Lipinski definition) is 2. The third kappa shape index (κ3) is 11.0. The first-order chi connectivity index (χ1) is 11.3. The van der Waals surface area contributed by atoms with Crippen LogP contribution in [0.25, 0.3) is 0 Å². The van der Waals surface area contributed by atoms with Gasteiger partial charge in [0.25, 0.3) is 0 Å². The summed E-state index contributed by atoms with van der Waals surface area (Å²) in [7, 11) is 1.66. The Labute approximate surface area is 162 Å². The molecule has 0 aromatic carbocycles. The van der Waals surface area contributed by atoms with Gasteiger partial charge in [0, 0.05) is 52.9 Å². The number of aliphatic imine (C=N–C) groups is 1. The van der Waals surface area contributed by atoms with Crippen LogP contribution in [0.4, 0.5) is 0 Å². The second kappa shape index (κ2) is 15.9. The Balaban J connectivity index is 0.00000529. The van der Waals surface area contributed by atoms with Crippen molar-refractivity contribution in [3.63, 3.8) is 0 Å². The van der Waals surface area contributed by atoms with Gasteiger partial charge in [-0.2, -0.15) is 0 Å². The molecule has 142 valence electrons. The van der Waals surface area contributed by atoms with Crippen LogP contribution in [0.3, 0.4) is 0 Å². The van der Waals surface area contributed by atoms with Crippen molar-refractivity contribution in [2.24, 2.45) is 4.99 Å². The maximum Gasteiger partial charge on any atom is 0.224 e. The molecule has 0 saturated carbocycles. The molecule has 0 bridgehead atoms. The first-order valence-corrected chi connectivity index (χ1v) is 8.64. The molecule has 0 aromatic heterocycles. The van der Waals surface area contributed by atoms with Gasteiger partial charge in [0.2, 0.25) is 5.91 Å². The number of ether oxygens (including phenoxy) is 2. The molecule has 1 heterocycles. The lowest BCUT2D eigenvalue weighted by atomic mass is 10.3. The van der Waals surface area contributed by atoms with Crippen LogP contribution in [0.5, 0.6) is 0 Å². The highest BCUT2D eigenvalue weighted by Gasteiger charge is 2.17. The first-order valence-electron chi connectivity index (χ1n) is 8.64. The maximum absolute atomic E-state index is 12.0. The number of carbonyl (C=O) groups is 1. The molecule has 1 aliphatic heterocycles. The average molecular weight is 456 g/mol. The van der Waals surface area contributed by atoms with E-state index in [-0.39, 0.29) is 29.9 Å². The van der Waals surface area contributed by atoms with Crippen LogP contribution in [0, 0.1) is 0 Å². The Morgan fingerprint density at radius 1 is 1.17 bits per heavy atom. The number of carbonyl (C=O) groups excluding carboxylic acids is 1. The number of guanidine groups is 1. The van der Waals surface area contributed by atoms with E-state index in [4.69, 9.17) is 9.47 Å². The second-order valence-corrected chi connectivity index (χ2v) is 5.48. The van der Waals surface area contributed by atoms with Gasteiger partial charge in [-0.05, 0) is 26.2 Å². The monoisotopic (exact) mass is 456 g/mol. The summed E-state index contributed by atoms with van der Waals surface area (Å²) in [6.07, 6.45) is 3.66. The van der Waals surface area contributed by atoms with Gasteiger partial charge in [-0.3, -0.25) is 9.79 Å². The van der Waals surface area contributed by atoms with E-state index >= 15 is 0 Å². The van der Waals surface area contributed by atoms with Gasteiger partial charge in [0.05, 0.1) is 13.2 Å². The smallest absolute Gasteiger partial charge is 0.224 e. The number of hydrogen-bond acceptors (Lipinski definition) is 4. The topological polar surface area (TPSA) is 75.2 Å². The molecule has 1 aliphatic rings. The summed E-state index contributed by atoms with van der Waals surface area (Å²) in [5, 5.41) is 6.41. The normalized spacial score (nSPS) is 14.4. The Morgan fingerprint density at radius 3 is 2.58 bits per heavy atom. The summed E-state index contributed by atoms with van der Waals surface area (Å²) >= 11 is 0. The molecule has 0 aromatic rings. The van der Waals surface area contributed by atoms with Gasteiger partial charge >= 0.3 is 0 Å². The third-order valence-electron chi connectivity index (χ3n) is 3.58. The molecular formula is C16H33IN4O3. The molecule has 1 amide bonds. The van der Waals surface area contributed by atoms with Crippen LogP contribution in [-0.2, 0) is 14.3 Å². The van der Waals surface area contributed by atoms with Crippen LogP contribution in [0.15, 0.2) is 4.99 Å². The fraction of sp³-hybridized carbons (Fsp3) is 0.875. The highest BCUT2D eigenvalue weighted by atomic mass is 127. The summed E-state index contributed by atoms with van der Waals surface area (Å²) in [6, 6.07) is 0. The van der Waals surface area contributed by atoms with E-state index in [2.05, 4.69) is 15.6 Å². The van der Waals surface area contributed by atoms with Crippen molar-refractivity contribution in [2.75, 3.05) is 59.7 Å². The van der Waals surface area contributed by atoms with E-state index in [0.717, 1.165) is 44.9 Å². The number of halogens is 1. The van der Waals surface area contributed by atoms with Crippen molar-refractivity contribution in [2.45, 2.75) is 32.6 Å². The van der Waals surface area contributed by atoms with Crippen LogP contribution >= 0.6 is 24.0 Å². The fourth-order valence-electron chi connectivity index (χ4n) is 2.36. The Morgan fingerprint density at radius 2 is 1.92 bits per heavy atom. The van der Waals surface area contributed by atoms with Crippen molar-refractivity contribution >= 4 is 35.8 Å². The zero-order valence-corrected chi connectivity index (χ0v) is 17.3. The molecule has 24 heavy (non-hydrogen) atoms. The van der Waals surface area contributed by atoms with Gasteiger partial charge in [-0.15, -0.1) is 24.0 Å². The van der Waals surface area contributed by atoms with E-state index in [1.807, 2.05) is 11.8 Å². The van der Waals surface area contributed by atoms with Crippen molar-refractivity contribution < 1.29 is 14.3 Å². The molecule has 1 fully saturated rings. The van der Waals surface area contributed by atoms with E-state index < -0.39 is 0 Å². The molecule has 0 unspecified atom stereocenters. The van der Waals surface area contributed by atoms with Gasteiger partial charge in [-0.1, -0.05) is 0 Å². The average Bonchev–Trinajstić information content (AvgIpc) is 3.08. The highest BCUT2D eigenvalue weighted by Crippen LogP contribution is 2.08. The lowest BCUT2D eigenvalue weighted by Gasteiger charge is -2.16. The van der Waals surface area contributed by atoms with Crippen molar-refractivity contribution in [3.8, 4) is 0 Å².